The number of rotatable bonds is 2. The second kappa shape index (κ2) is 4.90. The Kier molecular flexibility index (Phi) is 3.64. The molecule has 1 N–H and O–H groups in total. The minimum absolute atomic E-state index is 0.200. The Morgan fingerprint density at radius 3 is 2.17 bits per heavy atom. The monoisotopic (exact) mass is 302 g/mol. The topological polar surface area (TPSA) is 54.4 Å². The summed E-state index contributed by atoms with van der Waals surface area (Å²) in [5.74, 6) is 0. The molecule has 2 aromatic rings. The molecule has 0 saturated carbocycles. The summed E-state index contributed by atoms with van der Waals surface area (Å²) in [6.45, 7) is 0. The maximum Gasteiger partial charge on any atom is 0.295 e. The van der Waals surface area contributed by atoms with Crippen molar-refractivity contribution in [3.05, 3.63) is 52.5 Å². The molecule has 0 atom stereocenters. The van der Waals surface area contributed by atoms with Gasteiger partial charge in [-0.3, -0.25) is 4.55 Å². The van der Waals surface area contributed by atoms with Crippen molar-refractivity contribution in [3.63, 3.8) is 0 Å². The highest BCUT2D eigenvalue weighted by Gasteiger charge is 2.18. The summed E-state index contributed by atoms with van der Waals surface area (Å²) in [6.07, 6.45) is 0. The predicted octanol–water partition coefficient (Wildman–Crippen LogP) is 3.91. The zero-order valence-electron chi connectivity index (χ0n) is 8.97. The van der Waals surface area contributed by atoms with Crippen molar-refractivity contribution >= 4 is 33.3 Å². The Hall–Kier alpha value is -1.07. The molecule has 18 heavy (non-hydrogen) atoms. The second-order valence-corrected chi connectivity index (χ2v) is 5.75. The third-order valence-corrected chi connectivity index (χ3v) is 4.14. The highest BCUT2D eigenvalue weighted by molar-refractivity contribution is 7.86. The molecule has 0 aliphatic heterocycles. The second-order valence-electron chi connectivity index (χ2n) is 3.57. The first kappa shape index (κ1) is 13.4. The molecule has 2 aromatic carbocycles. The van der Waals surface area contributed by atoms with Gasteiger partial charge < -0.3 is 0 Å². The molecule has 0 aliphatic carbocycles. The molecule has 0 saturated heterocycles. The Morgan fingerprint density at radius 1 is 0.889 bits per heavy atom. The Balaban J connectivity index is 2.77. The van der Waals surface area contributed by atoms with Crippen LogP contribution in [0.5, 0.6) is 0 Å². The fourth-order valence-electron chi connectivity index (χ4n) is 1.63. The first-order valence-electron chi connectivity index (χ1n) is 4.92. The van der Waals surface area contributed by atoms with Crippen molar-refractivity contribution in [3.8, 4) is 11.1 Å². The molecule has 0 bridgehead atoms. The van der Waals surface area contributed by atoms with Crippen LogP contribution in [0, 0.1) is 0 Å². The quantitative estimate of drug-likeness (QED) is 0.856. The molecular formula is C12H8Cl2O3S. The van der Waals surface area contributed by atoms with Crippen molar-refractivity contribution < 1.29 is 13.0 Å². The van der Waals surface area contributed by atoms with Crippen LogP contribution < -0.4 is 0 Å². The molecule has 0 spiro atoms. The van der Waals surface area contributed by atoms with Gasteiger partial charge in [-0.15, -0.1) is 0 Å². The van der Waals surface area contributed by atoms with E-state index in [9.17, 15) is 13.0 Å². The van der Waals surface area contributed by atoms with Crippen LogP contribution in [0.2, 0.25) is 10.0 Å². The molecule has 94 valence electrons. The summed E-state index contributed by atoms with van der Waals surface area (Å²) < 4.78 is 31.8. The first-order chi connectivity index (χ1) is 8.41. The fraction of sp³-hybridized carbons (Fsp3) is 0. The van der Waals surface area contributed by atoms with E-state index in [-0.39, 0.29) is 9.92 Å². The van der Waals surface area contributed by atoms with E-state index in [1.165, 1.54) is 12.1 Å². The van der Waals surface area contributed by atoms with E-state index >= 15 is 0 Å². The minimum atomic E-state index is -4.31. The van der Waals surface area contributed by atoms with Gasteiger partial charge in [-0.05, 0) is 12.1 Å². The standard InChI is InChI=1S/C12H8Cl2O3S/c13-10-6-3-5-9(12(10)14)8-4-1-2-7-11(8)18(15,16)17/h1-7H,(H,15,16,17). The Labute approximate surface area is 115 Å². The summed E-state index contributed by atoms with van der Waals surface area (Å²) in [5.41, 5.74) is 0.768. The molecule has 0 radical (unpaired) electrons. The van der Waals surface area contributed by atoms with E-state index in [0.717, 1.165) is 0 Å². The van der Waals surface area contributed by atoms with Crippen molar-refractivity contribution in [1.82, 2.24) is 0 Å². The van der Waals surface area contributed by atoms with E-state index in [0.29, 0.717) is 16.1 Å². The molecule has 6 heteroatoms. The maximum absolute atomic E-state index is 11.3. The number of hydrogen-bond donors (Lipinski definition) is 1. The van der Waals surface area contributed by atoms with Crippen molar-refractivity contribution in [2.24, 2.45) is 0 Å². The molecule has 0 unspecified atom stereocenters. The van der Waals surface area contributed by atoms with Crippen LogP contribution in [0.4, 0.5) is 0 Å². The van der Waals surface area contributed by atoms with Gasteiger partial charge in [-0.2, -0.15) is 8.42 Å². The van der Waals surface area contributed by atoms with Gasteiger partial charge in [0.1, 0.15) is 4.90 Å². The van der Waals surface area contributed by atoms with E-state index in [4.69, 9.17) is 23.2 Å². The summed E-state index contributed by atoms with van der Waals surface area (Å²) >= 11 is 11.9. The van der Waals surface area contributed by atoms with Crippen LogP contribution in [-0.2, 0) is 10.1 Å². The van der Waals surface area contributed by atoms with Crippen LogP contribution in [-0.4, -0.2) is 13.0 Å². The predicted molar refractivity (Wildman–Crippen MR) is 71.7 cm³/mol. The summed E-state index contributed by atoms with van der Waals surface area (Å²) in [5, 5.41) is 0.564. The largest absolute Gasteiger partial charge is 0.295 e. The lowest BCUT2D eigenvalue weighted by atomic mass is 10.1. The summed E-state index contributed by atoms with van der Waals surface area (Å²) in [4.78, 5) is -0.200. The highest BCUT2D eigenvalue weighted by Crippen LogP contribution is 2.36. The molecular weight excluding hydrogens is 295 g/mol. The van der Waals surface area contributed by atoms with Crippen LogP contribution in [0.25, 0.3) is 11.1 Å². The smallest absolute Gasteiger partial charge is 0.282 e. The van der Waals surface area contributed by atoms with Gasteiger partial charge in [0.25, 0.3) is 10.1 Å². The SMILES string of the molecule is O=S(=O)(O)c1ccccc1-c1cccc(Cl)c1Cl. The van der Waals surface area contributed by atoms with E-state index in [2.05, 4.69) is 0 Å². The molecule has 2 rings (SSSR count). The van der Waals surface area contributed by atoms with Gasteiger partial charge in [0.2, 0.25) is 0 Å². The van der Waals surface area contributed by atoms with Gasteiger partial charge in [0, 0.05) is 11.1 Å². The average molecular weight is 303 g/mol. The molecule has 0 heterocycles. The van der Waals surface area contributed by atoms with Gasteiger partial charge in [-0.25, -0.2) is 0 Å². The van der Waals surface area contributed by atoms with Crippen LogP contribution in [0.3, 0.4) is 0 Å². The zero-order valence-corrected chi connectivity index (χ0v) is 11.3. The lowest BCUT2D eigenvalue weighted by molar-refractivity contribution is 0.483. The normalized spacial score (nSPS) is 11.5. The van der Waals surface area contributed by atoms with E-state index in [1.54, 1.807) is 30.3 Å². The van der Waals surface area contributed by atoms with E-state index in [1.807, 2.05) is 0 Å². The average Bonchev–Trinajstić information content (AvgIpc) is 2.32. The molecule has 0 aliphatic rings. The van der Waals surface area contributed by atoms with Crippen molar-refractivity contribution in [2.75, 3.05) is 0 Å². The summed E-state index contributed by atoms with van der Waals surface area (Å²) in [7, 11) is -4.31. The van der Waals surface area contributed by atoms with Crippen molar-refractivity contribution in [2.45, 2.75) is 4.90 Å². The molecule has 0 amide bonds. The van der Waals surface area contributed by atoms with Gasteiger partial charge in [0.05, 0.1) is 10.0 Å². The van der Waals surface area contributed by atoms with Crippen LogP contribution >= 0.6 is 23.2 Å². The molecule has 3 nitrogen and oxygen atoms in total. The van der Waals surface area contributed by atoms with Crippen LogP contribution in [0.15, 0.2) is 47.4 Å². The lowest BCUT2D eigenvalue weighted by Crippen LogP contribution is -2.00. The third-order valence-electron chi connectivity index (χ3n) is 2.41. The third kappa shape index (κ3) is 2.52. The zero-order chi connectivity index (χ0) is 13.3. The maximum atomic E-state index is 11.3. The van der Waals surface area contributed by atoms with Gasteiger partial charge in [0.15, 0.2) is 0 Å². The number of hydrogen-bond acceptors (Lipinski definition) is 2. The number of halogens is 2. The molecule has 0 fully saturated rings. The fourth-order valence-corrected chi connectivity index (χ4v) is 2.73. The van der Waals surface area contributed by atoms with Gasteiger partial charge in [-0.1, -0.05) is 53.5 Å². The Bertz CT molecular complexity index is 696. The first-order valence-corrected chi connectivity index (χ1v) is 7.12. The number of benzene rings is 2. The highest BCUT2D eigenvalue weighted by atomic mass is 35.5. The van der Waals surface area contributed by atoms with E-state index < -0.39 is 10.1 Å². The molecule has 0 aromatic heterocycles. The Morgan fingerprint density at radius 2 is 1.50 bits per heavy atom. The van der Waals surface area contributed by atoms with Crippen LogP contribution in [0.1, 0.15) is 0 Å². The summed E-state index contributed by atoms with van der Waals surface area (Å²) in [6, 6.07) is 10.9. The van der Waals surface area contributed by atoms with Gasteiger partial charge >= 0.3 is 0 Å². The lowest BCUT2D eigenvalue weighted by Gasteiger charge is -2.09. The minimum Gasteiger partial charge on any atom is -0.282 e. The van der Waals surface area contributed by atoms with Crippen molar-refractivity contribution in [1.29, 1.82) is 0 Å².